The molecule has 1 heterocycles. The molecule has 0 radical (unpaired) electrons. The summed E-state index contributed by atoms with van der Waals surface area (Å²) in [4.78, 5) is 98.1. The Morgan fingerprint density at radius 2 is 1.31 bits per heavy atom. The molecule has 9 N–H and O–H groups in total. The topological polar surface area (TPSA) is 256 Å². The summed E-state index contributed by atoms with van der Waals surface area (Å²) < 4.78 is 0. The van der Waals surface area contributed by atoms with Crippen LogP contribution >= 0.6 is 0 Å². The molecule has 17 nitrogen and oxygen atoms in total. The normalized spacial score (nSPS) is 21.6. The molecule has 7 amide bonds. The highest BCUT2D eigenvalue weighted by molar-refractivity contribution is 5.96. The molecule has 0 spiro atoms. The summed E-state index contributed by atoms with van der Waals surface area (Å²) in [6.07, 6.45) is 1.99. The number of phenolic OH excluding ortho intramolecular Hbond substituents is 2. The van der Waals surface area contributed by atoms with Gasteiger partial charge in [0.2, 0.25) is 29.5 Å². The number of likely N-dealkylation sites (N-methyl/N-ethyl adjacent to an activating group) is 1. The third-order valence-corrected chi connectivity index (χ3v) is 11.8. The van der Waals surface area contributed by atoms with E-state index in [1.165, 1.54) is 36.2 Å². The highest BCUT2D eigenvalue weighted by atomic mass is 16.4. The first-order valence-corrected chi connectivity index (χ1v) is 22.3. The van der Waals surface area contributed by atoms with Gasteiger partial charge in [-0.15, -0.1) is 0 Å². The van der Waals surface area contributed by atoms with Crippen molar-refractivity contribution in [2.75, 3.05) is 13.6 Å². The van der Waals surface area contributed by atoms with Gasteiger partial charge in [-0.2, -0.15) is 0 Å². The standard InChI is InChI=1S/C48H65N7O10/c1-6-30(4)41-44(60)49-27-11-10-14-36(51-48(65)52-38(47(63)64)28-33-12-8-7-9-13-33)42(58)53-40(29(2)3)45(61)50-37(25-19-31-15-21-34(56)22-16-31)46(62)55(5)39(43(59)54-41)26-20-32-17-23-35(57)24-18-32/h7-9,12-13,15-18,21-24,29-30,36-41,56-57H,6,10-11,14,19-20,25-28H2,1-5H3,(H,49,60)(H,50,61)(H,53,58)(H,54,59)(H,63,64)(H2,51,52,65). The number of aryl methyl sites for hydroxylation is 2. The van der Waals surface area contributed by atoms with Crippen molar-refractivity contribution < 1.29 is 48.9 Å². The number of carboxylic acid groups (broad SMARTS) is 1. The van der Waals surface area contributed by atoms with Crippen molar-refractivity contribution >= 4 is 41.5 Å². The van der Waals surface area contributed by atoms with Crippen LogP contribution in [0.3, 0.4) is 0 Å². The smallest absolute Gasteiger partial charge is 0.326 e. The van der Waals surface area contributed by atoms with Gasteiger partial charge in [0.1, 0.15) is 47.8 Å². The van der Waals surface area contributed by atoms with Gasteiger partial charge >= 0.3 is 12.0 Å². The van der Waals surface area contributed by atoms with Crippen LogP contribution in [0.15, 0.2) is 78.9 Å². The van der Waals surface area contributed by atoms with E-state index >= 15 is 0 Å². The second kappa shape index (κ2) is 25.0. The Hall–Kier alpha value is -6.65. The average molecular weight is 900 g/mol. The van der Waals surface area contributed by atoms with Crippen LogP contribution in [0.4, 0.5) is 4.79 Å². The average Bonchev–Trinajstić information content (AvgIpc) is 3.28. The predicted molar refractivity (Wildman–Crippen MR) is 243 cm³/mol. The van der Waals surface area contributed by atoms with E-state index in [1.54, 1.807) is 68.4 Å². The molecule has 0 aliphatic carbocycles. The van der Waals surface area contributed by atoms with Gasteiger partial charge in [0, 0.05) is 20.0 Å². The molecule has 7 atom stereocenters. The Morgan fingerprint density at radius 1 is 0.723 bits per heavy atom. The first-order valence-electron chi connectivity index (χ1n) is 22.3. The zero-order valence-corrected chi connectivity index (χ0v) is 37.8. The van der Waals surface area contributed by atoms with Gasteiger partial charge in [0.25, 0.3) is 0 Å². The molecule has 0 bridgehead atoms. The van der Waals surface area contributed by atoms with Gasteiger partial charge in [-0.05, 0) is 97.7 Å². The third-order valence-electron chi connectivity index (χ3n) is 11.8. The number of phenols is 2. The van der Waals surface area contributed by atoms with Crippen LogP contribution in [0.2, 0.25) is 0 Å². The van der Waals surface area contributed by atoms with Crippen molar-refractivity contribution in [2.24, 2.45) is 11.8 Å². The van der Waals surface area contributed by atoms with Crippen molar-refractivity contribution in [1.29, 1.82) is 0 Å². The first kappa shape index (κ1) is 51.0. The van der Waals surface area contributed by atoms with Crippen molar-refractivity contribution in [2.45, 2.75) is 122 Å². The van der Waals surface area contributed by atoms with E-state index in [2.05, 4.69) is 31.9 Å². The van der Waals surface area contributed by atoms with Crippen LogP contribution in [0, 0.1) is 11.8 Å². The zero-order chi connectivity index (χ0) is 47.6. The summed E-state index contributed by atoms with van der Waals surface area (Å²) in [6.45, 7) is 7.28. The number of aliphatic carboxylic acids is 1. The molecule has 352 valence electrons. The number of rotatable bonds is 14. The number of benzene rings is 3. The lowest BCUT2D eigenvalue weighted by molar-refractivity contribution is -0.143. The number of hydrogen-bond acceptors (Lipinski definition) is 9. The summed E-state index contributed by atoms with van der Waals surface area (Å²) in [7, 11) is 1.46. The molecule has 65 heavy (non-hydrogen) atoms. The van der Waals surface area contributed by atoms with Gasteiger partial charge in [0.05, 0.1) is 0 Å². The number of hydrogen-bond donors (Lipinski definition) is 9. The van der Waals surface area contributed by atoms with Crippen molar-refractivity contribution in [1.82, 2.24) is 36.8 Å². The maximum absolute atomic E-state index is 14.7. The lowest BCUT2D eigenvalue weighted by Gasteiger charge is -2.33. The molecule has 0 saturated carbocycles. The number of carbonyl (C=O) groups excluding carboxylic acids is 6. The van der Waals surface area contributed by atoms with E-state index in [1.807, 2.05) is 13.8 Å². The minimum absolute atomic E-state index is 0.0190. The lowest BCUT2D eigenvalue weighted by Crippen LogP contribution is -2.61. The largest absolute Gasteiger partial charge is 0.508 e. The van der Waals surface area contributed by atoms with Crippen LogP contribution in [0.1, 0.15) is 82.9 Å². The van der Waals surface area contributed by atoms with E-state index in [0.717, 1.165) is 11.1 Å². The molecule has 1 aliphatic heterocycles. The molecule has 3 aromatic rings. The van der Waals surface area contributed by atoms with Gasteiger partial charge < -0.3 is 52.1 Å². The number of nitrogens with one attached hydrogen (secondary N) is 6. The first-order chi connectivity index (χ1) is 31.0. The molecule has 1 aliphatic rings. The fourth-order valence-corrected chi connectivity index (χ4v) is 7.57. The maximum Gasteiger partial charge on any atom is 0.326 e. The predicted octanol–water partition coefficient (Wildman–Crippen LogP) is 3.31. The Balaban J connectivity index is 1.69. The maximum atomic E-state index is 14.7. The second-order valence-electron chi connectivity index (χ2n) is 17.1. The number of nitrogens with zero attached hydrogens (tertiary/aromatic N) is 1. The number of carbonyl (C=O) groups is 7. The highest BCUT2D eigenvalue weighted by Crippen LogP contribution is 2.19. The summed E-state index contributed by atoms with van der Waals surface area (Å²) in [5.41, 5.74) is 2.21. The molecule has 17 heteroatoms. The fourth-order valence-electron chi connectivity index (χ4n) is 7.57. The van der Waals surface area contributed by atoms with Crippen LogP contribution in [-0.2, 0) is 48.0 Å². The molecule has 1 fully saturated rings. The molecule has 3 aromatic carbocycles. The molecule has 0 aromatic heterocycles. The van der Waals surface area contributed by atoms with Gasteiger partial charge in [-0.3, -0.25) is 24.0 Å². The summed E-state index contributed by atoms with van der Waals surface area (Å²) in [5, 5.41) is 46.1. The molecule has 1 saturated heterocycles. The van der Waals surface area contributed by atoms with Gasteiger partial charge in [-0.1, -0.05) is 88.7 Å². The van der Waals surface area contributed by atoms with Gasteiger partial charge in [0.15, 0.2) is 0 Å². The highest BCUT2D eigenvalue weighted by Gasteiger charge is 2.37. The fraction of sp³-hybridized carbons (Fsp3) is 0.479. The van der Waals surface area contributed by atoms with E-state index in [4.69, 9.17) is 0 Å². The molecule has 4 rings (SSSR count). The van der Waals surface area contributed by atoms with Crippen LogP contribution in [-0.4, -0.2) is 112 Å². The Morgan fingerprint density at radius 3 is 1.88 bits per heavy atom. The Bertz CT molecular complexity index is 2070. The number of urea groups is 1. The van der Waals surface area contributed by atoms with Crippen molar-refractivity contribution in [3.8, 4) is 11.5 Å². The van der Waals surface area contributed by atoms with Crippen LogP contribution < -0.4 is 31.9 Å². The van der Waals surface area contributed by atoms with E-state index in [-0.39, 0.29) is 56.1 Å². The Labute approximate surface area is 380 Å². The molecule has 7 unspecified atom stereocenters. The summed E-state index contributed by atoms with van der Waals surface area (Å²) in [5.74, 6) is -5.06. The number of carboxylic acids is 1. The summed E-state index contributed by atoms with van der Waals surface area (Å²) in [6, 6.07) is 13.6. The molecular weight excluding hydrogens is 835 g/mol. The minimum atomic E-state index is -1.33. The summed E-state index contributed by atoms with van der Waals surface area (Å²) >= 11 is 0. The van der Waals surface area contributed by atoms with Crippen LogP contribution in [0.5, 0.6) is 11.5 Å². The second-order valence-corrected chi connectivity index (χ2v) is 17.1. The SMILES string of the molecule is CCC(C)C1NC(=O)C(CCc2ccc(O)cc2)N(C)C(=O)C(CCc2ccc(O)cc2)NC(=O)C(C(C)C)NC(=O)C(NC(=O)NC(Cc2ccccc2)C(=O)O)CCCCNC1=O. The number of aromatic hydroxyl groups is 2. The monoisotopic (exact) mass is 899 g/mol. The van der Waals surface area contributed by atoms with E-state index in [9.17, 15) is 48.9 Å². The molecular formula is C48H65N7O10. The van der Waals surface area contributed by atoms with Crippen molar-refractivity contribution in [3.63, 3.8) is 0 Å². The zero-order valence-electron chi connectivity index (χ0n) is 37.8. The Kier molecular flexibility index (Phi) is 19.6. The minimum Gasteiger partial charge on any atom is -0.508 e. The van der Waals surface area contributed by atoms with Crippen molar-refractivity contribution in [3.05, 3.63) is 95.6 Å². The quantitative estimate of drug-likeness (QED) is 0.114. The van der Waals surface area contributed by atoms with Crippen LogP contribution in [0.25, 0.3) is 0 Å². The lowest BCUT2D eigenvalue weighted by atomic mass is 9.96. The van der Waals surface area contributed by atoms with E-state index < -0.39 is 83.7 Å². The third kappa shape index (κ3) is 15.8. The number of amides is 7. The van der Waals surface area contributed by atoms with Gasteiger partial charge in [-0.25, -0.2) is 9.59 Å². The van der Waals surface area contributed by atoms with E-state index in [0.29, 0.717) is 31.2 Å².